The lowest BCUT2D eigenvalue weighted by Crippen LogP contribution is -2.29. The Morgan fingerprint density at radius 2 is 2.00 bits per heavy atom. The Morgan fingerprint density at radius 1 is 1.33 bits per heavy atom. The zero-order chi connectivity index (χ0) is 15.4. The third kappa shape index (κ3) is 4.90. The van der Waals surface area contributed by atoms with Crippen LogP contribution in [0.4, 0.5) is 11.4 Å². The quantitative estimate of drug-likeness (QED) is 0.833. The summed E-state index contributed by atoms with van der Waals surface area (Å²) in [7, 11) is 0. The molecule has 5 heteroatoms. The van der Waals surface area contributed by atoms with E-state index in [0.717, 1.165) is 12.8 Å². The summed E-state index contributed by atoms with van der Waals surface area (Å²) in [4.78, 5) is 11.9. The monoisotopic (exact) mass is 310 g/mol. The predicted octanol–water partition coefficient (Wildman–Crippen LogP) is 3.70. The van der Waals surface area contributed by atoms with Crippen LogP contribution in [0.3, 0.4) is 0 Å². The van der Waals surface area contributed by atoms with E-state index in [4.69, 9.17) is 22.1 Å². The summed E-state index contributed by atoms with van der Waals surface area (Å²) >= 11 is 5.83. The van der Waals surface area contributed by atoms with Gasteiger partial charge >= 0.3 is 0 Å². The Labute approximate surface area is 131 Å². The molecule has 1 saturated carbocycles. The number of nitrogens with two attached hydrogens (primary N) is 1. The van der Waals surface area contributed by atoms with Crippen LogP contribution >= 0.6 is 11.6 Å². The lowest BCUT2D eigenvalue weighted by atomic mass is 9.82. The van der Waals surface area contributed by atoms with Gasteiger partial charge in [-0.2, -0.15) is 0 Å². The van der Waals surface area contributed by atoms with E-state index in [0.29, 0.717) is 28.2 Å². The highest BCUT2D eigenvalue weighted by atomic mass is 35.5. The van der Waals surface area contributed by atoms with Gasteiger partial charge in [0.05, 0.1) is 17.5 Å². The van der Waals surface area contributed by atoms with Gasteiger partial charge in [0.15, 0.2) is 0 Å². The molecule has 1 aliphatic carbocycles. The molecule has 0 heterocycles. The second kappa shape index (κ2) is 7.14. The van der Waals surface area contributed by atoms with Crippen molar-refractivity contribution in [2.24, 2.45) is 11.8 Å². The summed E-state index contributed by atoms with van der Waals surface area (Å²) in [6, 6.07) is 5.00. The summed E-state index contributed by atoms with van der Waals surface area (Å²) in [5.41, 5.74) is 6.83. The normalized spacial score (nSPS) is 25.6. The van der Waals surface area contributed by atoms with Gasteiger partial charge in [0.25, 0.3) is 0 Å². The summed E-state index contributed by atoms with van der Waals surface area (Å²) < 4.78 is 5.74. The average molecular weight is 311 g/mol. The number of halogens is 1. The molecule has 2 rings (SSSR count). The molecule has 1 fully saturated rings. The lowest BCUT2D eigenvalue weighted by Gasteiger charge is -2.31. The van der Waals surface area contributed by atoms with E-state index < -0.39 is 0 Å². The SMILES string of the molecule is CC1CC(C)CC(OCC(=O)Nc2ccc(Cl)cc2N)C1. The predicted molar refractivity (Wildman–Crippen MR) is 86.4 cm³/mol. The summed E-state index contributed by atoms with van der Waals surface area (Å²) in [5.74, 6) is 1.14. The average Bonchev–Trinajstić information content (AvgIpc) is 2.39. The minimum atomic E-state index is -0.185. The van der Waals surface area contributed by atoms with Crippen molar-refractivity contribution < 1.29 is 9.53 Å². The third-order valence-electron chi connectivity index (χ3n) is 3.87. The lowest BCUT2D eigenvalue weighted by molar-refractivity contribution is -0.124. The number of ether oxygens (including phenoxy) is 1. The van der Waals surface area contributed by atoms with E-state index in [9.17, 15) is 4.79 Å². The number of anilines is 2. The standard InChI is InChI=1S/C16H23ClN2O2/c1-10-5-11(2)7-13(6-10)21-9-16(20)19-15-4-3-12(17)8-14(15)18/h3-4,8,10-11,13H,5-7,9,18H2,1-2H3,(H,19,20). The fourth-order valence-corrected chi connectivity index (χ4v) is 3.22. The van der Waals surface area contributed by atoms with Crippen LogP contribution in [0, 0.1) is 11.8 Å². The number of nitrogens with one attached hydrogen (secondary N) is 1. The van der Waals surface area contributed by atoms with Crippen molar-refractivity contribution in [3.05, 3.63) is 23.2 Å². The van der Waals surface area contributed by atoms with Crippen LogP contribution < -0.4 is 11.1 Å². The van der Waals surface area contributed by atoms with E-state index >= 15 is 0 Å². The molecule has 0 saturated heterocycles. The highest BCUT2D eigenvalue weighted by Gasteiger charge is 2.24. The van der Waals surface area contributed by atoms with Gasteiger partial charge in [0, 0.05) is 5.02 Å². The van der Waals surface area contributed by atoms with Crippen molar-refractivity contribution in [3.63, 3.8) is 0 Å². The summed E-state index contributed by atoms with van der Waals surface area (Å²) in [5, 5.41) is 3.30. The van der Waals surface area contributed by atoms with Crippen LogP contribution in [0.1, 0.15) is 33.1 Å². The van der Waals surface area contributed by atoms with E-state index in [-0.39, 0.29) is 18.6 Å². The van der Waals surface area contributed by atoms with Crippen LogP contribution in [0.2, 0.25) is 5.02 Å². The van der Waals surface area contributed by atoms with Crippen LogP contribution in [-0.4, -0.2) is 18.6 Å². The smallest absolute Gasteiger partial charge is 0.250 e. The number of nitrogen functional groups attached to an aromatic ring is 1. The number of benzene rings is 1. The van der Waals surface area contributed by atoms with Gasteiger partial charge < -0.3 is 15.8 Å². The van der Waals surface area contributed by atoms with Gasteiger partial charge in [-0.1, -0.05) is 25.4 Å². The Bertz CT molecular complexity index is 497. The molecule has 2 atom stereocenters. The molecule has 2 unspecified atom stereocenters. The molecule has 1 aromatic rings. The maximum Gasteiger partial charge on any atom is 0.250 e. The van der Waals surface area contributed by atoms with E-state index in [2.05, 4.69) is 19.2 Å². The maximum atomic E-state index is 11.9. The molecule has 4 nitrogen and oxygen atoms in total. The highest BCUT2D eigenvalue weighted by molar-refractivity contribution is 6.31. The van der Waals surface area contributed by atoms with Crippen LogP contribution in [-0.2, 0) is 9.53 Å². The number of rotatable bonds is 4. The van der Waals surface area contributed by atoms with Crippen LogP contribution in [0.25, 0.3) is 0 Å². The minimum Gasteiger partial charge on any atom is -0.397 e. The molecule has 0 spiro atoms. The molecule has 0 aromatic heterocycles. The molecule has 21 heavy (non-hydrogen) atoms. The molecular formula is C16H23ClN2O2. The first-order valence-electron chi connectivity index (χ1n) is 7.40. The van der Waals surface area contributed by atoms with Gasteiger partial charge in [-0.05, 0) is 49.3 Å². The molecule has 0 aliphatic heterocycles. The first-order valence-corrected chi connectivity index (χ1v) is 7.78. The molecule has 116 valence electrons. The van der Waals surface area contributed by atoms with E-state index in [1.54, 1.807) is 18.2 Å². The second-order valence-corrected chi connectivity index (χ2v) is 6.57. The summed E-state index contributed by atoms with van der Waals surface area (Å²) in [6.45, 7) is 4.53. The number of amides is 1. The first kappa shape index (κ1) is 16.1. The van der Waals surface area contributed by atoms with Crippen molar-refractivity contribution in [1.82, 2.24) is 0 Å². The number of hydrogen-bond acceptors (Lipinski definition) is 3. The van der Waals surface area contributed by atoms with Crippen molar-refractivity contribution >= 4 is 28.9 Å². The minimum absolute atomic E-state index is 0.0617. The van der Waals surface area contributed by atoms with Crippen molar-refractivity contribution in [3.8, 4) is 0 Å². The largest absolute Gasteiger partial charge is 0.397 e. The zero-order valence-corrected chi connectivity index (χ0v) is 13.3. The van der Waals surface area contributed by atoms with Gasteiger partial charge in [0.1, 0.15) is 6.61 Å². The molecule has 0 bridgehead atoms. The Balaban J connectivity index is 1.82. The molecule has 1 aliphatic rings. The van der Waals surface area contributed by atoms with Gasteiger partial charge in [-0.25, -0.2) is 0 Å². The Hall–Kier alpha value is -1.26. The second-order valence-electron chi connectivity index (χ2n) is 6.13. The first-order chi connectivity index (χ1) is 9.94. The molecule has 3 N–H and O–H groups in total. The van der Waals surface area contributed by atoms with Gasteiger partial charge in [-0.3, -0.25) is 4.79 Å². The van der Waals surface area contributed by atoms with Crippen LogP contribution in [0.5, 0.6) is 0 Å². The number of carbonyl (C=O) groups is 1. The van der Waals surface area contributed by atoms with Crippen molar-refractivity contribution in [2.75, 3.05) is 17.7 Å². The number of hydrogen-bond donors (Lipinski definition) is 2. The van der Waals surface area contributed by atoms with Gasteiger partial charge in [0.2, 0.25) is 5.91 Å². The Kier molecular flexibility index (Phi) is 5.48. The maximum absolute atomic E-state index is 11.9. The van der Waals surface area contributed by atoms with Gasteiger partial charge in [-0.15, -0.1) is 0 Å². The van der Waals surface area contributed by atoms with Crippen molar-refractivity contribution in [1.29, 1.82) is 0 Å². The topological polar surface area (TPSA) is 64.3 Å². The summed E-state index contributed by atoms with van der Waals surface area (Å²) in [6.07, 6.45) is 3.48. The fraction of sp³-hybridized carbons (Fsp3) is 0.562. The Morgan fingerprint density at radius 3 is 2.62 bits per heavy atom. The number of carbonyl (C=O) groups excluding carboxylic acids is 1. The molecular weight excluding hydrogens is 288 g/mol. The highest BCUT2D eigenvalue weighted by Crippen LogP contribution is 2.30. The van der Waals surface area contributed by atoms with E-state index in [1.807, 2.05) is 0 Å². The van der Waals surface area contributed by atoms with Crippen LogP contribution in [0.15, 0.2) is 18.2 Å². The molecule has 0 radical (unpaired) electrons. The molecule has 1 amide bonds. The molecule has 1 aromatic carbocycles. The van der Waals surface area contributed by atoms with E-state index in [1.165, 1.54) is 6.42 Å². The zero-order valence-electron chi connectivity index (χ0n) is 12.6. The fourth-order valence-electron chi connectivity index (χ4n) is 3.04. The third-order valence-corrected chi connectivity index (χ3v) is 4.11. The van der Waals surface area contributed by atoms with Crippen molar-refractivity contribution in [2.45, 2.75) is 39.2 Å².